The molecule has 0 radical (unpaired) electrons. The molecule has 0 spiro atoms. The number of oxazole rings is 1. The summed E-state index contributed by atoms with van der Waals surface area (Å²) in [6.07, 6.45) is 0. The van der Waals surface area contributed by atoms with Crippen LogP contribution in [0.3, 0.4) is 0 Å². The molecule has 0 aliphatic carbocycles. The van der Waals surface area contributed by atoms with E-state index in [2.05, 4.69) is 95.9 Å². The summed E-state index contributed by atoms with van der Waals surface area (Å²) in [5.41, 5.74) is 7.56. The van der Waals surface area contributed by atoms with E-state index in [1.807, 2.05) is 42.5 Å². The highest BCUT2D eigenvalue weighted by Crippen LogP contribution is 2.39. The van der Waals surface area contributed by atoms with Gasteiger partial charge >= 0.3 is 0 Å². The molecule has 0 atom stereocenters. The van der Waals surface area contributed by atoms with Gasteiger partial charge in [-0.15, -0.1) is 0 Å². The molecule has 4 nitrogen and oxygen atoms in total. The summed E-state index contributed by atoms with van der Waals surface area (Å²) in [5.74, 6) is 0.616. The average Bonchev–Trinajstić information content (AvgIpc) is 3.60. The van der Waals surface area contributed by atoms with Gasteiger partial charge in [0.05, 0.1) is 0 Å². The standard InChI is InChI=1S/C35H22N2O2/c1-2-9-25(10-3-1)37(27-19-21-33-30(22-27)29-12-6-7-13-32(29)38-33)26-17-14-24(15-18-26)35-36-31-20-16-23-8-4-5-11-28(23)34(31)39-35/h1-22H. The monoisotopic (exact) mass is 502 g/mol. The molecule has 0 saturated heterocycles. The van der Waals surface area contributed by atoms with E-state index < -0.39 is 0 Å². The highest BCUT2D eigenvalue weighted by atomic mass is 16.3. The molecule has 6 aromatic carbocycles. The van der Waals surface area contributed by atoms with Crippen LogP contribution in [0.25, 0.3) is 55.3 Å². The van der Waals surface area contributed by atoms with Gasteiger partial charge in [0.1, 0.15) is 16.7 Å². The maximum Gasteiger partial charge on any atom is 0.227 e. The van der Waals surface area contributed by atoms with E-state index in [9.17, 15) is 0 Å². The first-order valence-electron chi connectivity index (χ1n) is 13.0. The van der Waals surface area contributed by atoms with Gasteiger partial charge < -0.3 is 13.7 Å². The fourth-order valence-corrected chi connectivity index (χ4v) is 5.41. The normalized spacial score (nSPS) is 11.6. The molecule has 4 heteroatoms. The first kappa shape index (κ1) is 21.7. The smallest absolute Gasteiger partial charge is 0.227 e. The summed E-state index contributed by atoms with van der Waals surface area (Å²) < 4.78 is 12.4. The fraction of sp³-hybridized carbons (Fsp3) is 0. The second kappa shape index (κ2) is 8.61. The van der Waals surface area contributed by atoms with Gasteiger partial charge in [-0.1, -0.05) is 66.7 Å². The number of hydrogen-bond donors (Lipinski definition) is 0. The second-order valence-electron chi connectivity index (χ2n) is 9.65. The second-order valence-corrected chi connectivity index (χ2v) is 9.65. The maximum absolute atomic E-state index is 6.28. The van der Waals surface area contributed by atoms with Gasteiger partial charge in [-0.25, -0.2) is 4.98 Å². The number of aromatic nitrogens is 1. The van der Waals surface area contributed by atoms with E-state index in [1.165, 1.54) is 0 Å². The third kappa shape index (κ3) is 3.57. The molecule has 2 heterocycles. The van der Waals surface area contributed by atoms with Crippen LogP contribution >= 0.6 is 0 Å². The highest BCUT2D eigenvalue weighted by Gasteiger charge is 2.16. The van der Waals surface area contributed by atoms with Crippen molar-refractivity contribution in [1.82, 2.24) is 4.98 Å². The van der Waals surface area contributed by atoms with E-state index in [0.717, 1.165) is 66.4 Å². The largest absolute Gasteiger partial charge is 0.456 e. The van der Waals surface area contributed by atoms with E-state index in [4.69, 9.17) is 13.8 Å². The van der Waals surface area contributed by atoms with Crippen molar-refractivity contribution in [2.24, 2.45) is 0 Å². The molecule has 0 aliphatic heterocycles. The summed E-state index contributed by atoms with van der Waals surface area (Å²) in [4.78, 5) is 7.04. The molecule has 184 valence electrons. The van der Waals surface area contributed by atoms with Crippen molar-refractivity contribution in [3.8, 4) is 11.5 Å². The molecule has 0 unspecified atom stereocenters. The summed E-state index contributed by atoms with van der Waals surface area (Å²) in [6.45, 7) is 0. The van der Waals surface area contributed by atoms with Gasteiger partial charge in [-0.2, -0.15) is 0 Å². The minimum absolute atomic E-state index is 0.616. The summed E-state index contributed by atoms with van der Waals surface area (Å²) >= 11 is 0. The molecule has 8 aromatic rings. The van der Waals surface area contributed by atoms with Crippen LogP contribution in [0.4, 0.5) is 17.1 Å². The van der Waals surface area contributed by atoms with E-state index in [0.29, 0.717) is 5.89 Å². The third-order valence-electron chi connectivity index (χ3n) is 7.28. The number of rotatable bonds is 4. The number of para-hydroxylation sites is 2. The van der Waals surface area contributed by atoms with Crippen molar-refractivity contribution in [3.05, 3.63) is 133 Å². The molecule has 2 aromatic heterocycles. The number of anilines is 3. The average molecular weight is 503 g/mol. The number of fused-ring (bicyclic) bond motifs is 6. The molecule has 0 N–H and O–H groups in total. The van der Waals surface area contributed by atoms with Gasteiger partial charge in [-0.05, 0) is 72.1 Å². The van der Waals surface area contributed by atoms with Gasteiger partial charge in [0.2, 0.25) is 5.89 Å². The molecule has 0 fully saturated rings. The fourth-order valence-electron chi connectivity index (χ4n) is 5.41. The molecule has 39 heavy (non-hydrogen) atoms. The zero-order valence-corrected chi connectivity index (χ0v) is 20.9. The molecule has 0 aliphatic rings. The lowest BCUT2D eigenvalue weighted by molar-refractivity contribution is 0.623. The number of benzene rings is 6. The molecular weight excluding hydrogens is 480 g/mol. The SMILES string of the molecule is c1ccc(N(c2ccc(-c3nc4ccc5ccccc5c4o3)cc2)c2ccc3oc4ccccc4c3c2)cc1. The lowest BCUT2D eigenvalue weighted by atomic mass is 10.1. The predicted molar refractivity (Wildman–Crippen MR) is 159 cm³/mol. The minimum atomic E-state index is 0.616. The van der Waals surface area contributed by atoms with Crippen molar-refractivity contribution >= 4 is 60.9 Å². The minimum Gasteiger partial charge on any atom is -0.456 e. The Balaban J connectivity index is 1.23. The van der Waals surface area contributed by atoms with E-state index in [-0.39, 0.29) is 0 Å². The van der Waals surface area contributed by atoms with Crippen molar-refractivity contribution in [2.75, 3.05) is 4.90 Å². The topological polar surface area (TPSA) is 42.4 Å². The summed E-state index contributed by atoms with van der Waals surface area (Å²) in [7, 11) is 0. The molecular formula is C35H22N2O2. The number of nitrogens with zero attached hydrogens (tertiary/aromatic N) is 2. The third-order valence-corrected chi connectivity index (χ3v) is 7.28. The van der Waals surface area contributed by atoms with Crippen LogP contribution in [0, 0.1) is 0 Å². The Morgan fingerprint density at radius 2 is 1.18 bits per heavy atom. The van der Waals surface area contributed by atoms with Gasteiger partial charge in [0.25, 0.3) is 0 Å². The summed E-state index contributed by atoms with van der Waals surface area (Å²) in [6, 6.07) is 45.7. The van der Waals surface area contributed by atoms with Crippen LogP contribution in [0.15, 0.2) is 142 Å². The van der Waals surface area contributed by atoms with Crippen molar-refractivity contribution in [1.29, 1.82) is 0 Å². The molecule has 0 saturated carbocycles. The number of hydrogen-bond acceptors (Lipinski definition) is 4. The highest BCUT2D eigenvalue weighted by molar-refractivity contribution is 6.06. The lowest BCUT2D eigenvalue weighted by Crippen LogP contribution is -2.09. The molecule has 0 amide bonds. The van der Waals surface area contributed by atoms with Crippen LogP contribution in [0.1, 0.15) is 0 Å². The lowest BCUT2D eigenvalue weighted by Gasteiger charge is -2.25. The Morgan fingerprint density at radius 1 is 0.487 bits per heavy atom. The van der Waals surface area contributed by atoms with Crippen LogP contribution in [-0.2, 0) is 0 Å². The Hall–Kier alpha value is -5.35. The van der Waals surface area contributed by atoms with Crippen LogP contribution in [0.2, 0.25) is 0 Å². The zero-order valence-electron chi connectivity index (χ0n) is 20.9. The quantitative estimate of drug-likeness (QED) is 0.240. The van der Waals surface area contributed by atoms with Crippen LogP contribution in [0.5, 0.6) is 0 Å². The predicted octanol–water partition coefficient (Wildman–Crippen LogP) is 10.0. The van der Waals surface area contributed by atoms with Gasteiger partial charge in [0.15, 0.2) is 5.58 Å². The van der Waals surface area contributed by atoms with Crippen LogP contribution in [-0.4, -0.2) is 4.98 Å². The molecule has 8 rings (SSSR count). The number of furan rings is 1. The summed E-state index contributed by atoms with van der Waals surface area (Å²) in [5, 5.41) is 4.42. The van der Waals surface area contributed by atoms with Gasteiger partial charge in [-0.3, -0.25) is 0 Å². The van der Waals surface area contributed by atoms with Crippen molar-refractivity contribution < 1.29 is 8.83 Å². The van der Waals surface area contributed by atoms with Crippen molar-refractivity contribution in [2.45, 2.75) is 0 Å². The first-order chi connectivity index (χ1) is 19.3. The van der Waals surface area contributed by atoms with Crippen LogP contribution < -0.4 is 4.90 Å². The Bertz CT molecular complexity index is 2120. The Morgan fingerprint density at radius 3 is 2.05 bits per heavy atom. The van der Waals surface area contributed by atoms with E-state index in [1.54, 1.807) is 0 Å². The first-order valence-corrected chi connectivity index (χ1v) is 13.0. The maximum atomic E-state index is 6.28. The Kier molecular flexibility index (Phi) is 4.79. The van der Waals surface area contributed by atoms with Crippen molar-refractivity contribution in [3.63, 3.8) is 0 Å². The Labute approximate surface area is 224 Å². The zero-order chi connectivity index (χ0) is 25.8. The van der Waals surface area contributed by atoms with E-state index >= 15 is 0 Å². The molecule has 0 bridgehead atoms. The van der Waals surface area contributed by atoms with Gasteiger partial charge in [0, 0.05) is 38.8 Å².